The van der Waals surface area contributed by atoms with Gasteiger partial charge in [0, 0.05) is 17.3 Å². The molecule has 72 valence electrons. The van der Waals surface area contributed by atoms with E-state index in [1.54, 1.807) is 0 Å². The van der Waals surface area contributed by atoms with E-state index in [1.165, 1.54) is 28.5 Å². The monoisotopic (exact) mass is 203 g/mol. The first-order chi connectivity index (χ1) is 6.93. The second-order valence-electron chi connectivity index (χ2n) is 3.91. The predicted octanol–water partition coefficient (Wildman–Crippen LogP) is 3.15. The van der Waals surface area contributed by atoms with Gasteiger partial charge in [-0.25, -0.2) is 0 Å². The molecule has 1 fully saturated rings. The van der Waals surface area contributed by atoms with Gasteiger partial charge < -0.3 is 5.32 Å². The Hall–Kier alpha value is -0.860. The van der Waals surface area contributed by atoms with Crippen molar-refractivity contribution in [2.75, 3.05) is 0 Å². The summed E-state index contributed by atoms with van der Waals surface area (Å²) in [4.78, 5) is 0. The summed E-state index contributed by atoms with van der Waals surface area (Å²) in [6, 6.07) is 9.56. The Morgan fingerprint density at radius 2 is 2.21 bits per heavy atom. The number of fused-ring (bicyclic) bond motifs is 1. The second kappa shape index (κ2) is 3.37. The highest BCUT2D eigenvalue weighted by Gasteiger charge is 2.20. The van der Waals surface area contributed by atoms with Crippen LogP contribution in [0.3, 0.4) is 0 Å². The van der Waals surface area contributed by atoms with E-state index in [4.69, 9.17) is 0 Å². The lowest BCUT2D eigenvalue weighted by Crippen LogP contribution is -2.15. The molecule has 2 aromatic rings. The van der Waals surface area contributed by atoms with Gasteiger partial charge in [0.15, 0.2) is 0 Å². The lowest BCUT2D eigenvalue weighted by molar-refractivity contribution is 0.691. The van der Waals surface area contributed by atoms with E-state index in [9.17, 15) is 0 Å². The zero-order valence-corrected chi connectivity index (χ0v) is 8.81. The number of benzene rings is 1. The zero-order chi connectivity index (χ0) is 9.38. The number of hydrogen-bond acceptors (Lipinski definition) is 2. The standard InChI is InChI=1S/C12H13NS/c1-2-9-6-7-14-12(9)10(3-1)8-13-11-4-5-11/h1-3,6-7,11,13H,4-5,8H2. The van der Waals surface area contributed by atoms with Gasteiger partial charge in [-0.3, -0.25) is 0 Å². The minimum Gasteiger partial charge on any atom is -0.310 e. The van der Waals surface area contributed by atoms with Gasteiger partial charge in [0.05, 0.1) is 0 Å². The molecule has 0 bridgehead atoms. The summed E-state index contributed by atoms with van der Waals surface area (Å²) in [7, 11) is 0. The van der Waals surface area contributed by atoms with Crippen molar-refractivity contribution in [2.45, 2.75) is 25.4 Å². The number of nitrogens with one attached hydrogen (secondary N) is 1. The van der Waals surface area contributed by atoms with Gasteiger partial charge in [0.1, 0.15) is 0 Å². The molecule has 3 rings (SSSR count). The average molecular weight is 203 g/mol. The molecule has 1 aliphatic carbocycles. The first-order valence-electron chi connectivity index (χ1n) is 5.12. The summed E-state index contributed by atoms with van der Waals surface area (Å²) in [5, 5.41) is 7.11. The number of thiophene rings is 1. The Bertz CT molecular complexity index is 442. The molecule has 1 heterocycles. The first kappa shape index (κ1) is 8.45. The highest BCUT2D eigenvalue weighted by atomic mass is 32.1. The Morgan fingerprint density at radius 1 is 1.29 bits per heavy atom. The third kappa shape index (κ3) is 1.56. The summed E-state index contributed by atoms with van der Waals surface area (Å²) >= 11 is 1.85. The largest absolute Gasteiger partial charge is 0.310 e. The Balaban J connectivity index is 1.89. The van der Waals surface area contributed by atoms with Crippen LogP contribution < -0.4 is 5.32 Å². The summed E-state index contributed by atoms with van der Waals surface area (Å²) in [5.41, 5.74) is 1.45. The molecule has 0 atom stereocenters. The molecule has 14 heavy (non-hydrogen) atoms. The number of hydrogen-bond donors (Lipinski definition) is 1. The van der Waals surface area contributed by atoms with Crippen LogP contribution in [0.1, 0.15) is 18.4 Å². The van der Waals surface area contributed by atoms with Crippen LogP contribution in [0.15, 0.2) is 29.6 Å². The Labute approximate surface area is 87.8 Å². The SMILES string of the molecule is c1cc(CNC2CC2)c2sccc2c1. The normalized spacial score (nSPS) is 16.3. The molecule has 0 radical (unpaired) electrons. The molecule has 1 nitrogen and oxygen atoms in total. The maximum atomic E-state index is 3.56. The summed E-state index contributed by atoms with van der Waals surface area (Å²) in [6.45, 7) is 1.03. The van der Waals surface area contributed by atoms with Crippen molar-refractivity contribution < 1.29 is 0 Å². The molecule has 1 N–H and O–H groups in total. The lowest BCUT2D eigenvalue weighted by Gasteiger charge is -2.03. The smallest absolute Gasteiger partial charge is 0.0387 e. The van der Waals surface area contributed by atoms with Crippen molar-refractivity contribution in [3.8, 4) is 0 Å². The molecule has 0 amide bonds. The fraction of sp³-hybridized carbons (Fsp3) is 0.333. The minimum absolute atomic E-state index is 0.796. The topological polar surface area (TPSA) is 12.0 Å². The van der Waals surface area contributed by atoms with Crippen LogP contribution in [0.5, 0.6) is 0 Å². The predicted molar refractivity (Wildman–Crippen MR) is 61.7 cm³/mol. The van der Waals surface area contributed by atoms with Gasteiger partial charge in [-0.15, -0.1) is 11.3 Å². The van der Waals surface area contributed by atoms with Crippen molar-refractivity contribution in [1.29, 1.82) is 0 Å². The zero-order valence-electron chi connectivity index (χ0n) is 7.99. The van der Waals surface area contributed by atoms with Gasteiger partial charge in [0.2, 0.25) is 0 Å². The molecule has 0 spiro atoms. The highest BCUT2D eigenvalue weighted by Crippen LogP contribution is 2.26. The highest BCUT2D eigenvalue weighted by molar-refractivity contribution is 7.17. The molecular formula is C12H13NS. The Morgan fingerprint density at radius 3 is 3.07 bits per heavy atom. The lowest BCUT2D eigenvalue weighted by atomic mass is 10.1. The van der Waals surface area contributed by atoms with Crippen LogP contribution in [-0.4, -0.2) is 6.04 Å². The van der Waals surface area contributed by atoms with Crippen LogP contribution in [0, 0.1) is 0 Å². The van der Waals surface area contributed by atoms with Crippen molar-refractivity contribution in [1.82, 2.24) is 5.32 Å². The van der Waals surface area contributed by atoms with Crippen LogP contribution in [-0.2, 0) is 6.54 Å². The summed E-state index contributed by atoms with van der Waals surface area (Å²) in [5.74, 6) is 0. The molecular weight excluding hydrogens is 190 g/mol. The fourth-order valence-corrected chi connectivity index (χ4v) is 2.65. The van der Waals surface area contributed by atoms with Crippen LogP contribution in [0.4, 0.5) is 0 Å². The van der Waals surface area contributed by atoms with Crippen molar-refractivity contribution in [2.24, 2.45) is 0 Å². The minimum atomic E-state index is 0.796. The Kier molecular flexibility index (Phi) is 2.03. The number of rotatable bonds is 3. The van der Waals surface area contributed by atoms with Crippen molar-refractivity contribution >= 4 is 21.4 Å². The first-order valence-corrected chi connectivity index (χ1v) is 6.00. The third-order valence-corrected chi connectivity index (χ3v) is 3.72. The van der Waals surface area contributed by atoms with Crippen LogP contribution in [0.2, 0.25) is 0 Å². The summed E-state index contributed by atoms with van der Waals surface area (Å²) in [6.07, 6.45) is 2.72. The second-order valence-corrected chi connectivity index (χ2v) is 4.83. The van der Waals surface area contributed by atoms with E-state index in [2.05, 4.69) is 35.0 Å². The van der Waals surface area contributed by atoms with E-state index in [1.807, 2.05) is 11.3 Å². The van der Waals surface area contributed by atoms with Crippen molar-refractivity contribution in [3.63, 3.8) is 0 Å². The molecule has 1 aromatic heterocycles. The van der Waals surface area contributed by atoms with E-state index < -0.39 is 0 Å². The van der Waals surface area contributed by atoms with Gasteiger partial charge in [-0.05, 0) is 35.2 Å². The van der Waals surface area contributed by atoms with Gasteiger partial charge in [-0.1, -0.05) is 18.2 Å². The fourth-order valence-electron chi connectivity index (χ4n) is 1.74. The molecule has 1 saturated carbocycles. The molecule has 1 aliphatic rings. The summed E-state index contributed by atoms with van der Waals surface area (Å²) < 4.78 is 1.45. The maximum absolute atomic E-state index is 3.56. The van der Waals surface area contributed by atoms with Gasteiger partial charge >= 0.3 is 0 Å². The van der Waals surface area contributed by atoms with Crippen LogP contribution in [0.25, 0.3) is 10.1 Å². The average Bonchev–Trinajstić information content (AvgIpc) is 2.91. The van der Waals surface area contributed by atoms with Gasteiger partial charge in [0.25, 0.3) is 0 Å². The molecule has 0 aliphatic heterocycles. The maximum Gasteiger partial charge on any atom is 0.0387 e. The van der Waals surface area contributed by atoms with Gasteiger partial charge in [-0.2, -0.15) is 0 Å². The van der Waals surface area contributed by atoms with E-state index in [-0.39, 0.29) is 0 Å². The van der Waals surface area contributed by atoms with E-state index in [0.717, 1.165) is 12.6 Å². The van der Waals surface area contributed by atoms with E-state index >= 15 is 0 Å². The third-order valence-electron chi connectivity index (χ3n) is 2.72. The molecule has 1 aromatic carbocycles. The molecule has 2 heteroatoms. The molecule has 0 unspecified atom stereocenters. The van der Waals surface area contributed by atoms with Crippen LogP contribution >= 0.6 is 11.3 Å². The molecule has 0 saturated heterocycles. The van der Waals surface area contributed by atoms with E-state index in [0.29, 0.717) is 0 Å². The quantitative estimate of drug-likeness (QED) is 0.808. The van der Waals surface area contributed by atoms with Crippen molar-refractivity contribution in [3.05, 3.63) is 35.2 Å².